The first-order chi connectivity index (χ1) is 18.4. The molecule has 0 aliphatic heterocycles. The Morgan fingerprint density at radius 2 is 1.92 bits per heavy atom. The summed E-state index contributed by atoms with van der Waals surface area (Å²) in [6, 6.07) is 17.3. The molecule has 0 spiro atoms. The molecule has 0 fully saturated rings. The summed E-state index contributed by atoms with van der Waals surface area (Å²) in [5, 5.41) is 13.2. The van der Waals surface area contributed by atoms with Crippen LogP contribution in [0.1, 0.15) is 55.4 Å². The van der Waals surface area contributed by atoms with Gasteiger partial charge in [-0.2, -0.15) is 0 Å². The van der Waals surface area contributed by atoms with Crippen LogP contribution in [0, 0.1) is 11.7 Å². The van der Waals surface area contributed by atoms with Crippen molar-refractivity contribution in [3.8, 4) is 17.2 Å². The molecule has 0 bridgehead atoms. The van der Waals surface area contributed by atoms with Gasteiger partial charge in [-0.3, -0.25) is 0 Å². The van der Waals surface area contributed by atoms with E-state index in [2.05, 4.69) is 43.1 Å². The molecule has 0 amide bonds. The summed E-state index contributed by atoms with van der Waals surface area (Å²) in [5.41, 5.74) is 5.82. The summed E-state index contributed by atoms with van der Waals surface area (Å²) in [7, 11) is 1.69. The zero-order chi connectivity index (χ0) is 27.1. The van der Waals surface area contributed by atoms with Crippen molar-refractivity contribution in [1.82, 2.24) is 5.32 Å². The lowest BCUT2D eigenvalue weighted by Crippen LogP contribution is -2.25. The monoisotopic (exact) mass is 520 g/mol. The van der Waals surface area contributed by atoms with E-state index in [1.807, 2.05) is 24.3 Å². The fourth-order valence-corrected chi connectivity index (χ4v) is 5.25. The minimum absolute atomic E-state index is 0.289. The van der Waals surface area contributed by atoms with Crippen molar-refractivity contribution >= 4 is 5.69 Å². The number of fused-ring (bicyclic) bond motifs is 1. The Morgan fingerprint density at radius 3 is 2.66 bits per heavy atom. The number of aromatic hydroxyl groups is 1. The molecule has 0 saturated heterocycles. The Hall–Kier alpha value is -3.25. The van der Waals surface area contributed by atoms with Gasteiger partial charge in [0, 0.05) is 31.4 Å². The van der Waals surface area contributed by atoms with E-state index in [-0.39, 0.29) is 11.6 Å². The smallest absolute Gasteiger partial charge is 0.165 e. The first-order valence-electron chi connectivity index (χ1n) is 13.7. The molecule has 0 radical (unpaired) electrons. The Balaban J connectivity index is 1.50. The molecule has 0 aromatic heterocycles. The van der Waals surface area contributed by atoms with Crippen LogP contribution in [0.4, 0.5) is 10.1 Å². The Bertz CT molecular complexity index is 1210. The SMILES string of the molecule is CCN(Cc1ccc(OCCNCC(C)C)c(F)c1)c1cc(OC)ccc1[C@@H]1CCc2cc(O)ccc2C1. The number of nitrogens with zero attached hydrogens (tertiary/aromatic N) is 1. The molecule has 4 rings (SSSR count). The molecule has 1 aliphatic rings. The van der Waals surface area contributed by atoms with Crippen molar-refractivity contribution in [1.29, 1.82) is 0 Å². The minimum atomic E-state index is -0.333. The van der Waals surface area contributed by atoms with E-state index in [0.717, 1.165) is 49.4 Å². The third-order valence-electron chi connectivity index (χ3n) is 7.28. The van der Waals surface area contributed by atoms with Crippen LogP contribution in [0.5, 0.6) is 17.2 Å². The molecule has 38 heavy (non-hydrogen) atoms. The van der Waals surface area contributed by atoms with Crippen molar-refractivity contribution in [2.24, 2.45) is 5.92 Å². The Labute approximate surface area is 226 Å². The highest BCUT2D eigenvalue weighted by atomic mass is 19.1. The first-order valence-corrected chi connectivity index (χ1v) is 13.7. The van der Waals surface area contributed by atoms with Gasteiger partial charge in [0.1, 0.15) is 18.1 Å². The molecule has 3 aromatic carbocycles. The van der Waals surface area contributed by atoms with Crippen LogP contribution in [0.15, 0.2) is 54.6 Å². The molecule has 0 unspecified atom stereocenters. The Morgan fingerprint density at radius 1 is 1.08 bits per heavy atom. The molecule has 0 saturated carbocycles. The average molecular weight is 521 g/mol. The van der Waals surface area contributed by atoms with E-state index in [1.165, 1.54) is 16.7 Å². The van der Waals surface area contributed by atoms with Gasteiger partial charge in [-0.05, 0) is 97.2 Å². The van der Waals surface area contributed by atoms with Gasteiger partial charge in [-0.25, -0.2) is 4.39 Å². The predicted molar refractivity (Wildman–Crippen MR) is 152 cm³/mol. The van der Waals surface area contributed by atoms with Crippen LogP contribution in [0.25, 0.3) is 0 Å². The topological polar surface area (TPSA) is 54.0 Å². The quantitative estimate of drug-likeness (QED) is 0.268. The molecular formula is C32H41FN2O3. The molecular weight excluding hydrogens is 479 g/mol. The number of benzene rings is 3. The average Bonchev–Trinajstić information content (AvgIpc) is 2.91. The summed E-state index contributed by atoms with van der Waals surface area (Å²) in [6.07, 6.45) is 2.88. The van der Waals surface area contributed by atoms with E-state index in [9.17, 15) is 9.50 Å². The van der Waals surface area contributed by atoms with Gasteiger partial charge in [0.15, 0.2) is 11.6 Å². The molecule has 0 heterocycles. The third-order valence-corrected chi connectivity index (χ3v) is 7.28. The zero-order valence-electron chi connectivity index (χ0n) is 23.1. The summed E-state index contributed by atoms with van der Waals surface area (Å²) in [5.74, 6) is 2.03. The van der Waals surface area contributed by atoms with Crippen LogP contribution >= 0.6 is 0 Å². The summed E-state index contributed by atoms with van der Waals surface area (Å²) in [6.45, 7) is 9.83. The highest BCUT2D eigenvalue weighted by Crippen LogP contribution is 2.40. The number of nitrogens with one attached hydrogen (secondary N) is 1. The van der Waals surface area contributed by atoms with Crippen LogP contribution < -0.4 is 19.7 Å². The number of halogens is 1. The minimum Gasteiger partial charge on any atom is -0.508 e. The second-order valence-corrected chi connectivity index (χ2v) is 10.5. The lowest BCUT2D eigenvalue weighted by atomic mass is 9.79. The van der Waals surface area contributed by atoms with Gasteiger partial charge in [0.25, 0.3) is 0 Å². The van der Waals surface area contributed by atoms with Gasteiger partial charge >= 0.3 is 0 Å². The summed E-state index contributed by atoms with van der Waals surface area (Å²) in [4.78, 5) is 2.29. The van der Waals surface area contributed by atoms with Gasteiger partial charge in [0.2, 0.25) is 0 Å². The maximum Gasteiger partial charge on any atom is 0.165 e. The molecule has 5 nitrogen and oxygen atoms in total. The maximum atomic E-state index is 14.9. The van der Waals surface area contributed by atoms with E-state index in [0.29, 0.717) is 37.3 Å². The maximum absolute atomic E-state index is 14.9. The van der Waals surface area contributed by atoms with E-state index in [4.69, 9.17) is 9.47 Å². The molecule has 1 aliphatic carbocycles. The molecule has 204 valence electrons. The van der Waals surface area contributed by atoms with Crippen molar-refractivity contribution in [3.05, 3.63) is 82.7 Å². The molecule has 1 atom stereocenters. The number of hydrogen-bond donors (Lipinski definition) is 2. The van der Waals surface area contributed by atoms with Crippen LogP contribution in [-0.2, 0) is 19.4 Å². The largest absolute Gasteiger partial charge is 0.508 e. The molecule has 3 aromatic rings. The van der Waals surface area contributed by atoms with Gasteiger partial charge < -0.3 is 24.8 Å². The Kier molecular flexibility index (Phi) is 9.51. The predicted octanol–water partition coefficient (Wildman–Crippen LogP) is 6.46. The zero-order valence-corrected chi connectivity index (χ0v) is 23.1. The number of anilines is 1. The van der Waals surface area contributed by atoms with Gasteiger partial charge in [-0.1, -0.05) is 32.0 Å². The second-order valence-electron chi connectivity index (χ2n) is 10.5. The number of aryl methyl sites for hydroxylation is 1. The second kappa shape index (κ2) is 13.0. The van der Waals surface area contributed by atoms with Gasteiger partial charge in [-0.15, -0.1) is 0 Å². The van der Waals surface area contributed by atoms with Crippen molar-refractivity contribution in [3.63, 3.8) is 0 Å². The van der Waals surface area contributed by atoms with Crippen LogP contribution in [-0.4, -0.2) is 38.5 Å². The van der Waals surface area contributed by atoms with Crippen LogP contribution in [0.2, 0.25) is 0 Å². The highest BCUT2D eigenvalue weighted by Gasteiger charge is 2.25. The van der Waals surface area contributed by atoms with E-state index >= 15 is 0 Å². The summed E-state index contributed by atoms with van der Waals surface area (Å²) < 4.78 is 26.1. The lowest BCUT2D eigenvalue weighted by Gasteiger charge is -2.32. The summed E-state index contributed by atoms with van der Waals surface area (Å²) >= 11 is 0. The number of methoxy groups -OCH3 is 1. The first kappa shape index (κ1) is 27.8. The number of ether oxygens (including phenoxy) is 2. The third kappa shape index (κ3) is 6.98. The van der Waals surface area contributed by atoms with E-state index < -0.39 is 0 Å². The fourth-order valence-electron chi connectivity index (χ4n) is 5.25. The number of rotatable bonds is 12. The van der Waals surface area contributed by atoms with Gasteiger partial charge in [0.05, 0.1) is 7.11 Å². The number of hydrogen-bond acceptors (Lipinski definition) is 5. The van der Waals surface area contributed by atoms with Crippen molar-refractivity contribution in [2.75, 3.05) is 38.3 Å². The lowest BCUT2D eigenvalue weighted by molar-refractivity contribution is 0.296. The molecule has 6 heteroatoms. The molecule has 2 N–H and O–H groups in total. The number of phenols is 1. The fraction of sp³-hybridized carbons (Fsp3) is 0.438. The number of phenolic OH excluding ortho intramolecular Hbond substituents is 1. The van der Waals surface area contributed by atoms with Crippen molar-refractivity contribution < 1.29 is 19.0 Å². The van der Waals surface area contributed by atoms with E-state index in [1.54, 1.807) is 25.3 Å². The van der Waals surface area contributed by atoms with Crippen LogP contribution in [0.3, 0.4) is 0 Å². The normalized spacial score (nSPS) is 14.8. The highest BCUT2D eigenvalue weighted by molar-refractivity contribution is 5.60. The van der Waals surface area contributed by atoms with Crippen molar-refractivity contribution in [2.45, 2.75) is 52.5 Å². The standard InChI is InChI=1S/C32H41FN2O3/c1-5-35(21-23-6-13-32(30(33)16-23)38-15-14-34-20-22(2)3)31-19-28(37-4)11-12-29(31)26-8-7-25-18-27(36)10-9-24(25)17-26/h6,9-13,16,18-19,22,26,34,36H,5,7-8,14-15,17,20-21H2,1-4H3/t26-/m1/s1.